The molecule has 1 unspecified atom stereocenters. The fourth-order valence-electron chi connectivity index (χ4n) is 8.07. The normalized spacial score (nSPS) is 13.7. The van der Waals surface area contributed by atoms with Gasteiger partial charge in [0.05, 0.1) is 17.3 Å². The highest BCUT2D eigenvalue weighted by Gasteiger charge is 2.31. The van der Waals surface area contributed by atoms with E-state index in [1.807, 2.05) is 0 Å². The first-order valence-electron chi connectivity index (χ1n) is 20.2. The standard InChI is InChI=1S/C53H47N5/c1-40-34-53(54-50-25-15-14-24-49(40)50)58-52(46-28-32-48(33-29-46)57(38-43-20-10-4-11-21-43)39-44-22-12-5-13-23-44)35-51(55-58)45-26-30-47(31-27-45)56(36-41-16-6-2-7-17-41)37-42-18-8-3-9-19-42/h2-34,52H,35-39H2,1H3. The Labute approximate surface area is 342 Å². The average molecular weight is 754 g/mol. The van der Waals surface area contributed by atoms with E-state index < -0.39 is 0 Å². The molecule has 0 amide bonds. The second-order valence-corrected chi connectivity index (χ2v) is 15.2. The Bertz CT molecular complexity index is 2510. The maximum absolute atomic E-state index is 5.38. The van der Waals surface area contributed by atoms with Gasteiger partial charge in [-0.05, 0) is 82.3 Å². The van der Waals surface area contributed by atoms with Crippen LogP contribution in [0.2, 0.25) is 0 Å². The van der Waals surface area contributed by atoms with Crippen molar-refractivity contribution in [3.05, 3.63) is 239 Å². The molecule has 0 saturated carbocycles. The van der Waals surface area contributed by atoms with Crippen LogP contribution >= 0.6 is 0 Å². The van der Waals surface area contributed by atoms with E-state index in [1.54, 1.807) is 0 Å². The molecule has 0 bridgehead atoms. The zero-order valence-corrected chi connectivity index (χ0v) is 32.9. The summed E-state index contributed by atoms with van der Waals surface area (Å²) in [5.74, 6) is 0.864. The molecule has 0 aliphatic carbocycles. The minimum Gasteiger partial charge on any atom is -0.363 e. The van der Waals surface area contributed by atoms with Gasteiger partial charge < -0.3 is 9.80 Å². The SMILES string of the molecule is Cc1cc(N2N=C(c3ccc(N(Cc4ccccc4)Cc4ccccc4)cc3)CC2c2ccc(N(Cc3ccccc3)Cc3ccccc3)cc2)nc2ccccc12. The lowest BCUT2D eigenvalue weighted by molar-refractivity contribution is 0.699. The number of hydrazone groups is 1. The summed E-state index contributed by atoms with van der Waals surface area (Å²) in [5, 5.41) is 8.70. The number of benzene rings is 7. The first kappa shape index (κ1) is 36.6. The zero-order chi connectivity index (χ0) is 39.1. The van der Waals surface area contributed by atoms with E-state index in [0.29, 0.717) is 0 Å². The van der Waals surface area contributed by atoms with Gasteiger partial charge in [-0.15, -0.1) is 0 Å². The Morgan fingerprint density at radius 2 is 0.931 bits per heavy atom. The van der Waals surface area contributed by atoms with E-state index in [-0.39, 0.29) is 6.04 Å². The van der Waals surface area contributed by atoms with Gasteiger partial charge in [-0.1, -0.05) is 164 Å². The number of para-hydroxylation sites is 1. The molecule has 1 aromatic heterocycles. The number of anilines is 3. The third kappa shape index (κ3) is 8.40. The Balaban J connectivity index is 1.03. The molecule has 7 aromatic carbocycles. The van der Waals surface area contributed by atoms with Gasteiger partial charge in [0.25, 0.3) is 0 Å². The van der Waals surface area contributed by atoms with Crippen molar-refractivity contribution in [2.75, 3.05) is 14.8 Å². The van der Waals surface area contributed by atoms with Crippen LogP contribution in [0.3, 0.4) is 0 Å². The Hall–Kier alpha value is -6.98. The molecule has 58 heavy (non-hydrogen) atoms. The van der Waals surface area contributed by atoms with Crippen molar-refractivity contribution in [3.8, 4) is 0 Å². The molecule has 9 rings (SSSR count). The molecule has 0 saturated heterocycles. The van der Waals surface area contributed by atoms with E-state index in [2.05, 4.69) is 222 Å². The van der Waals surface area contributed by atoms with E-state index in [1.165, 1.54) is 50.1 Å². The molecule has 1 atom stereocenters. The molecule has 0 N–H and O–H groups in total. The number of hydrogen-bond donors (Lipinski definition) is 0. The average Bonchev–Trinajstić information content (AvgIpc) is 3.73. The lowest BCUT2D eigenvalue weighted by Crippen LogP contribution is -2.23. The van der Waals surface area contributed by atoms with Gasteiger partial charge in [-0.25, -0.2) is 9.99 Å². The van der Waals surface area contributed by atoms with Crippen LogP contribution in [0.15, 0.2) is 205 Å². The number of pyridine rings is 1. The van der Waals surface area contributed by atoms with E-state index in [4.69, 9.17) is 10.1 Å². The first-order valence-corrected chi connectivity index (χ1v) is 20.2. The van der Waals surface area contributed by atoms with E-state index >= 15 is 0 Å². The summed E-state index contributed by atoms with van der Waals surface area (Å²) in [6, 6.07) is 71.6. The molecule has 1 aliphatic heterocycles. The number of aromatic nitrogens is 1. The van der Waals surface area contributed by atoms with Crippen LogP contribution in [0, 0.1) is 6.92 Å². The van der Waals surface area contributed by atoms with Crippen molar-refractivity contribution in [1.29, 1.82) is 0 Å². The molecule has 0 spiro atoms. The Morgan fingerprint density at radius 1 is 0.500 bits per heavy atom. The quantitative estimate of drug-likeness (QED) is 0.117. The summed E-state index contributed by atoms with van der Waals surface area (Å²) in [6.07, 6.45) is 0.766. The van der Waals surface area contributed by atoms with E-state index in [9.17, 15) is 0 Å². The van der Waals surface area contributed by atoms with Crippen LogP contribution < -0.4 is 14.8 Å². The van der Waals surface area contributed by atoms with Crippen molar-refractivity contribution in [2.24, 2.45) is 5.10 Å². The largest absolute Gasteiger partial charge is 0.363 e. The Kier molecular flexibility index (Phi) is 10.8. The van der Waals surface area contributed by atoms with Crippen LogP contribution in [0.5, 0.6) is 0 Å². The second kappa shape index (κ2) is 17.0. The topological polar surface area (TPSA) is 35.0 Å². The van der Waals surface area contributed by atoms with Crippen LogP contribution in [-0.2, 0) is 26.2 Å². The molecule has 0 radical (unpaired) electrons. The number of fused-ring (bicyclic) bond motifs is 1. The molecule has 2 heterocycles. The predicted octanol–water partition coefficient (Wildman–Crippen LogP) is 12.3. The minimum atomic E-state index is -0.0128. The third-order valence-electron chi connectivity index (χ3n) is 11.1. The van der Waals surface area contributed by atoms with Crippen LogP contribution in [0.25, 0.3) is 10.9 Å². The fraction of sp³-hybridized carbons (Fsp3) is 0.132. The van der Waals surface area contributed by atoms with Crippen molar-refractivity contribution in [2.45, 2.75) is 45.6 Å². The van der Waals surface area contributed by atoms with Crippen molar-refractivity contribution >= 4 is 33.8 Å². The predicted molar refractivity (Wildman–Crippen MR) is 241 cm³/mol. The summed E-state index contributed by atoms with van der Waals surface area (Å²) in [6.45, 7) is 5.46. The summed E-state index contributed by atoms with van der Waals surface area (Å²) in [7, 11) is 0. The molecule has 8 aromatic rings. The molecular weight excluding hydrogens is 707 g/mol. The Morgan fingerprint density at radius 3 is 1.41 bits per heavy atom. The summed E-state index contributed by atoms with van der Waals surface area (Å²) in [5.41, 5.74) is 13.1. The van der Waals surface area contributed by atoms with Crippen molar-refractivity contribution < 1.29 is 0 Å². The third-order valence-corrected chi connectivity index (χ3v) is 11.1. The van der Waals surface area contributed by atoms with Gasteiger partial charge in [0.15, 0.2) is 0 Å². The molecule has 1 aliphatic rings. The lowest BCUT2D eigenvalue weighted by Gasteiger charge is -2.27. The van der Waals surface area contributed by atoms with Crippen molar-refractivity contribution in [1.82, 2.24) is 4.98 Å². The smallest absolute Gasteiger partial charge is 0.150 e. The van der Waals surface area contributed by atoms with Crippen LogP contribution in [0.1, 0.15) is 51.4 Å². The molecule has 284 valence electrons. The van der Waals surface area contributed by atoms with Crippen molar-refractivity contribution in [3.63, 3.8) is 0 Å². The monoisotopic (exact) mass is 753 g/mol. The summed E-state index contributed by atoms with van der Waals surface area (Å²) < 4.78 is 0. The second-order valence-electron chi connectivity index (χ2n) is 15.2. The fourth-order valence-corrected chi connectivity index (χ4v) is 8.07. The van der Waals surface area contributed by atoms with Crippen LogP contribution in [0.4, 0.5) is 17.2 Å². The maximum atomic E-state index is 5.38. The first-order chi connectivity index (χ1) is 28.6. The molecule has 5 heteroatoms. The minimum absolute atomic E-state index is 0.0128. The lowest BCUT2D eigenvalue weighted by atomic mass is 9.97. The number of hydrogen-bond acceptors (Lipinski definition) is 5. The highest BCUT2D eigenvalue weighted by atomic mass is 15.5. The highest BCUT2D eigenvalue weighted by Crippen LogP contribution is 2.38. The summed E-state index contributed by atoms with van der Waals surface area (Å²) in [4.78, 5) is 10.1. The van der Waals surface area contributed by atoms with Gasteiger partial charge in [-0.2, -0.15) is 5.10 Å². The summed E-state index contributed by atoms with van der Waals surface area (Å²) >= 11 is 0. The van der Waals surface area contributed by atoms with Crippen LogP contribution in [-0.4, -0.2) is 10.7 Å². The van der Waals surface area contributed by atoms with Gasteiger partial charge in [0.1, 0.15) is 5.82 Å². The van der Waals surface area contributed by atoms with Gasteiger partial charge in [0, 0.05) is 49.4 Å². The highest BCUT2D eigenvalue weighted by molar-refractivity contribution is 6.03. The molecule has 5 nitrogen and oxygen atoms in total. The van der Waals surface area contributed by atoms with Gasteiger partial charge in [0.2, 0.25) is 0 Å². The zero-order valence-electron chi connectivity index (χ0n) is 32.9. The number of aryl methyl sites for hydroxylation is 1. The van der Waals surface area contributed by atoms with E-state index in [0.717, 1.165) is 55.2 Å². The number of nitrogens with zero attached hydrogens (tertiary/aromatic N) is 5. The van der Waals surface area contributed by atoms with Gasteiger partial charge >= 0.3 is 0 Å². The molecule has 0 fully saturated rings. The maximum Gasteiger partial charge on any atom is 0.150 e. The van der Waals surface area contributed by atoms with Gasteiger partial charge in [-0.3, -0.25) is 0 Å². The molecular formula is C53H47N5. The number of rotatable bonds is 13.